The lowest BCUT2D eigenvalue weighted by atomic mass is 10.0. The first-order valence-electron chi connectivity index (χ1n) is 6.05. The molecule has 1 N–H and O–H groups in total. The molecule has 0 saturated carbocycles. The van der Waals surface area contributed by atoms with Crippen LogP contribution in [0.5, 0.6) is 0 Å². The standard InChI is InChI=1S/C15H18N2S/c1-11(2)12-4-6-13(7-5-12)17-14-8-9-16-10-15(14)18-3/h4-11H,1-3H3,(H,16,17). The van der Waals surface area contributed by atoms with E-state index in [2.05, 4.69) is 54.7 Å². The van der Waals surface area contributed by atoms with Crippen molar-refractivity contribution in [3.63, 3.8) is 0 Å². The van der Waals surface area contributed by atoms with Crippen molar-refractivity contribution in [1.29, 1.82) is 0 Å². The largest absolute Gasteiger partial charge is 0.355 e. The van der Waals surface area contributed by atoms with Crippen LogP contribution in [0, 0.1) is 0 Å². The highest BCUT2D eigenvalue weighted by Gasteiger charge is 2.02. The van der Waals surface area contributed by atoms with E-state index in [-0.39, 0.29) is 0 Å². The van der Waals surface area contributed by atoms with E-state index >= 15 is 0 Å². The zero-order chi connectivity index (χ0) is 13.0. The SMILES string of the molecule is CSc1cnccc1Nc1ccc(C(C)C)cc1. The molecule has 3 heteroatoms. The van der Waals surface area contributed by atoms with Crippen molar-refractivity contribution in [3.8, 4) is 0 Å². The van der Waals surface area contributed by atoms with Crippen LogP contribution in [-0.4, -0.2) is 11.2 Å². The fourth-order valence-electron chi connectivity index (χ4n) is 1.75. The predicted octanol–water partition coefficient (Wildman–Crippen LogP) is 4.67. The Balaban J connectivity index is 2.18. The molecule has 18 heavy (non-hydrogen) atoms. The van der Waals surface area contributed by atoms with E-state index in [0.29, 0.717) is 5.92 Å². The van der Waals surface area contributed by atoms with E-state index in [1.807, 2.05) is 18.5 Å². The zero-order valence-corrected chi connectivity index (χ0v) is 11.8. The third-order valence-corrected chi connectivity index (χ3v) is 3.63. The number of rotatable bonds is 4. The monoisotopic (exact) mass is 258 g/mol. The quantitative estimate of drug-likeness (QED) is 0.807. The average molecular weight is 258 g/mol. The van der Waals surface area contributed by atoms with Crippen molar-refractivity contribution in [3.05, 3.63) is 48.3 Å². The van der Waals surface area contributed by atoms with Gasteiger partial charge < -0.3 is 5.32 Å². The van der Waals surface area contributed by atoms with Gasteiger partial charge >= 0.3 is 0 Å². The summed E-state index contributed by atoms with van der Waals surface area (Å²) in [5.74, 6) is 0.571. The van der Waals surface area contributed by atoms with Gasteiger partial charge in [0.15, 0.2) is 0 Å². The highest BCUT2D eigenvalue weighted by Crippen LogP contribution is 2.27. The number of pyridine rings is 1. The molecular formula is C15H18N2S. The van der Waals surface area contributed by atoms with Gasteiger partial charge in [-0.1, -0.05) is 26.0 Å². The molecule has 0 aliphatic heterocycles. The number of nitrogens with one attached hydrogen (secondary N) is 1. The first kappa shape index (κ1) is 13.0. The third-order valence-electron chi connectivity index (χ3n) is 2.86. The minimum atomic E-state index is 0.571. The van der Waals surface area contributed by atoms with Crippen LogP contribution >= 0.6 is 11.8 Å². The molecule has 0 fully saturated rings. The smallest absolute Gasteiger partial charge is 0.0553 e. The number of aromatic nitrogens is 1. The number of thioether (sulfide) groups is 1. The van der Waals surface area contributed by atoms with Crippen molar-refractivity contribution in [2.24, 2.45) is 0 Å². The van der Waals surface area contributed by atoms with Gasteiger partial charge in [-0.2, -0.15) is 0 Å². The highest BCUT2D eigenvalue weighted by atomic mass is 32.2. The highest BCUT2D eigenvalue weighted by molar-refractivity contribution is 7.98. The van der Waals surface area contributed by atoms with Gasteiger partial charge in [-0.05, 0) is 35.9 Å². The Morgan fingerprint density at radius 2 is 1.83 bits per heavy atom. The van der Waals surface area contributed by atoms with E-state index < -0.39 is 0 Å². The van der Waals surface area contributed by atoms with Crippen LogP contribution in [0.25, 0.3) is 0 Å². The van der Waals surface area contributed by atoms with Crippen LogP contribution in [0.2, 0.25) is 0 Å². The molecular weight excluding hydrogens is 240 g/mol. The fraction of sp³-hybridized carbons (Fsp3) is 0.267. The summed E-state index contributed by atoms with van der Waals surface area (Å²) in [4.78, 5) is 5.29. The second-order valence-corrected chi connectivity index (χ2v) is 5.33. The minimum Gasteiger partial charge on any atom is -0.355 e. The van der Waals surface area contributed by atoms with Crippen molar-refractivity contribution in [1.82, 2.24) is 4.98 Å². The maximum Gasteiger partial charge on any atom is 0.0553 e. The molecule has 1 aromatic carbocycles. The summed E-state index contributed by atoms with van der Waals surface area (Å²) in [6.45, 7) is 4.41. The van der Waals surface area contributed by atoms with E-state index in [1.165, 1.54) is 5.56 Å². The minimum absolute atomic E-state index is 0.571. The second-order valence-electron chi connectivity index (χ2n) is 4.48. The molecule has 0 aliphatic rings. The maximum atomic E-state index is 4.13. The normalized spacial score (nSPS) is 10.7. The molecule has 0 amide bonds. The van der Waals surface area contributed by atoms with Gasteiger partial charge in [-0.3, -0.25) is 4.98 Å². The van der Waals surface area contributed by atoms with Crippen LogP contribution in [0.4, 0.5) is 11.4 Å². The van der Waals surface area contributed by atoms with Crippen LogP contribution in [0.1, 0.15) is 25.3 Å². The van der Waals surface area contributed by atoms with Gasteiger partial charge in [-0.25, -0.2) is 0 Å². The Hall–Kier alpha value is -1.48. The maximum absolute atomic E-state index is 4.13. The molecule has 94 valence electrons. The Bertz CT molecular complexity index is 506. The lowest BCUT2D eigenvalue weighted by molar-refractivity contribution is 0.867. The predicted molar refractivity (Wildman–Crippen MR) is 79.8 cm³/mol. The number of hydrogen-bond acceptors (Lipinski definition) is 3. The third kappa shape index (κ3) is 3.05. The molecule has 2 nitrogen and oxygen atoms in total. The Kier molecular flexibility index (Phi) is 4.26. The summed E-state index contributed by atoms with van der Waals surface area (Å²) in [5.41, 5.74) is 3.58. The van der Waals surface area contributed by atoms with Crippen molar-refractivity contribution in [2.75, 3.05) is 11.6 Å². The van der Waals surface area contributed by atoms with Gasteiger partial charge in [0.25, 0.3) is 0 Å². The van der Waals surface area contributed by atoms with Gasteiger partial charge in [0, 0.05) is 23.0 Å². The summed E-state index contributed by atoms with van der Waals surface area (Å²) in [7, 11) is 0. The first-order valence-corrected chi connectivity index (χ1v) is 7.28. The molecule has 0 saturated heterocycles. The van der Waals surface area contributed by atoms with Gasteiger partial charge in [-0.15, -0.1) is 11.8 Å². The van der Waals surface area contributed by atoms with E-state index in [4.69, 9.17) is 0 Å². The van der Waals surface area contributed by atoms with E-state index in [0.717, 1.165) is 16.3 Å². The number of hydrogen-bond donors (Lipinski definition) is 1. The van der Waals surface area contributed by atoms with Gasteiger partial charge in [0.2, 0.25) is 0 Å². The Morgan fingerprint density at radius 1 is 1.11 bits per heavy atom. The van der Waals surface area contributed by atoms with Crippen molar-refractivity contribution < 1.29 is 0 Å². The lowest BCUT2D eigenvalue weighted by Crippen LogP contribution is -1.94. The summed E-state index contributed by atoms with van der Waals surface area (Å²) in [6.07, 6.45) is 5.75. The summed E-state index contributed by atoms with van der Waals surface area (Å²) in [6, 6.07) is 10.6. The second kappa shape index (κ2) is 5.91. The van der Waals surface area contributed by atoms with Crippen molar-refractivity contribution in [2.45, 2.75) is 24.7 Å². The molecule has 0 spiro atoms. The topological polar surface area (TPSA) is 24.9 Å². The van der Waals surface area contributed by atoms with Crippen LogP contribution < -0.4 is 5.32 Å². The number of benzene rings is 1. The molecule has 1 heterocycles. The average Bonchev–Trinajstić information content (AvgIpc) is 2.40. The summed E-state index contributed by atoms with van der Waals surface area (Å²) < 4.78 is 0. The molecule has 0 unspecified atom stereocenters. The molecule has 0 bridgehead atoms. The van der Waals surface area contributed by atoms with Crippen LogP contribution in [0.3, 0.4) is 0 Å². The van der Waals surface area contributed by atoms with E-state index in [1.54, 1.807) is 11.8 Å². The van der Waals surface area contributed by atoms with Crippen molar-refractivity contribution >= 4 is 23.1 Å². The number of nitrogens with zero attached hydrogens (tertiary/aromatic N) is 1. The molecule has 2 aromatic rings. The van der Waals surface area contributed by atoms with Crippen LogP contribution in [0.15, 0.2) is 47.6 Å². The van der Waals surface area contributed by atoms with Gasteiger partial charge in [0.05, 0.1) is 5.69 Å². The molecule has 2 rings (SSSR count). The zero-order valence-electron chi connectivity index (χ0n) is 11.0. The van der Waals surface area contributed by atoms with E-state index in [9.17, 15) is 0 Å². The lowest BCUT2D eigenvalue weighted by Gasteiger charge is -2.11. The molecule has 0 radical (unpaired) electrons. The molecule has 0 aliphatic carbocycles. The Labute approximate surface area is 113 Å². The number of anilines is 2. The summed E-state index contributed by atoms with van der Waals surface area (Å²) >= 11 is 1.70. The first-order chi connectivity index (χ1) is 8.70. The van der Waals surface area contributed by atoms with Gasteiger partial charge in [0.1, 0.15) is 0 Å². The van der Waals surface area contributed by atoms with Crippen LogP contribution in [-0.2, 0) is 0 Å². The molecule has 0 atom stereocenters. The molecule has 1 aromatic heterocycles. The fourth-order valence-corrected chi connectivity index (χ4v) is 2.26. The Morgan fingerprint density at radius 3 is 2.44 bits per heavy atom. The summed E-state index contributed by atoms with van der Waals surface area (Å²) in [5, 5.41) is 3.43.